The molecule has 0 aromatic carbocycles. The fourth-order valence-corrected chi connectivity index (χ4v) is 2.79. The molecule has 3 nitrogen and oxygen atoms in total. The Morgan fingerprint density at radius 2 is 2.44 bits per heavy atom. The molecule has 0 atom stereocenters. The Bertz CT molecular complexity index is 532. The highest BCUT2D eigenvalue weighted by molar-refractivity contribution is 7.15. The molecule has 2 aromatic rings. The average Bonchev–Trinajstić information content (AvgIpc) is 2.82. The van der Waals surface area contributed by atoms with Gasteiger partial charge in [0, 0.05) is 10.8 Å². The molecule has 0 unspecified atom stereocenters. The maximum absolute atomic E-state index is 8.79. The van der Waals surface area contributed by atoms with Gasteiger partial charge in [-0.05, 0) is 25.0 Å². The van der Waals surface area contributed by atoms with Gasteiger partial charge in [0.05, 0.1) is 24.4 Å². The largest absolute Gasteiger partial charge is 0.462 e. The van der Waals surface area contributed by atoms with Gasteiger partial charge in [0.15, 0.2) is 10.8 Å². The topological polar surface area (TPSA) is 49.8 Å². The third kappa shape index (κ3) is 1.63. The van der Waals surface area contributed by atoms with E-state index in [1.54, 1.807) is 17.6 Å². The molecule has 1 aliphatic rings. The molecule has 16 heavy (non-hydrogen) atoms. The Labute approximate surface area is 97.4 Å². The first-order chi connectivity index (χ1) is 7.88. The van der Waals surface area contributed by atoms with E-state index in [0.29, 0.717) is 12.3 Å². The summed E-state index contributed by atoms with van der Waals surface area (Å²) in [7, 11) is 0. The fourth-order valence-electron chi connectivity index (χ4n) is 1.74. The Balaban J connectivity index is 2.01. The van der Waals surface area contributed by atoms with Crippen LogP contribution in [0.15, 0.2) is 22.8 Å². The van der Waals surface area contributed by atoms with E-state index in [-0.39, 0.29) is 0 Å². The third-order valence-electron chi connectivity index (χ3n) is 2.66. The molecule has 1 aliphatic carbocycles. The summed E-state index contributed by atoms with van der Waals surface area (Å²) >= 11 is 1.58. The lowest BCUT2D eigenvalue weighted by Gasteiger charge is -1.92. The molecule has 0 N–H and O–H groups in total. The summed E-state index contributed by atoms with van der Waals surface area (Å²) in [5, 5.41) is 9.69. The minimum Gasteiger partial charge on any atom is -0.462 e. The molecular weight excluding hydrogens is 220 g/mol. The lowest BCUT2D eigenvalue weighted by molar-refractivity contribution is 0.581. The Kier molecular flexibility index (Phi) is 2.26. The van der Waals surface area contributed by atoms with Crippen LogP contribution in [0, 0.1) is 11.3 Å². The zero-order valence-electron chi connectivity index (χ0n) is 8.64. The van der Waals surface area contributed by atoms with Crippen molar-refractivity contribution in [2.24, 2.45) is 0 Å². The molecule has 0 saturated heterocycles. The molecule has 0 amide bonds. The number of rotatable bonds is 3. The van der Waals surface area contributed by atoms with Crippen molar-refractivity contribution in [3.8, 4) is 16.8 Å². The van der Waals surface area contributed by atoms with Crippen LogP contribution in [0.2, 0.25) is 0 Å². The van der Waals surface area contributed by atoms with E-state index in [9.17, 15) is 0 Å². The zero-order valence-corrected chi connectivity index (χ0v) is 9.46. The van der Waals surface area contributed by atoms with E-state index in [4.69, 9.17) is 9.68 Å². The minimum atomic E-state index is 0.463. The van der Waals surface area contributed by atoms with Crippen molar-refractivity contribution >= 4 is 11.3 Å². The van der Waals surface area contributed by atoms with Crippen molar-refractivity contribution in [3.05, 3.63) is 29.0 Å². The summed E-state index contributed by atoms with van der Waals surface area (Å²) in [6.45, 7) is 0. The van der Waals surface area contributed by atoms with Gasteiger partial charge in [0.25, 0.3) is 0 Å². The third-order valence-corrected chi connectivity index (χ3v) is 3.75. The molecule has 1 fully saturated rings. The van der Waals surface area contributed by atoms with Crippen LogP contribution in [0.1, 0.15) is 29.3 Å². The van der Waals surface area contributed by atoms with E-state index in [2.05, 4.69) is 11.1 Å². The molecule has 1 saturated carbocycles. The van der Waals surface area contributed by atoms with Crippen molar-refractivity contribution in [2.45, 2.75) is 25.2 Å². The van der Waals surface area contributed by atoms with Crippen molar-refractivity contribution in [1.82, 2.24) is 4.98 Å². The predicted molar refractivity (Wildman–Crippen MR) is 61.1 cm³/mol. The zero-order chi connectivity index (χ0) is 11.0. The number of furan rings is 1. The average molecular weight is 230 g/mol. The van der Waals surface area contributed by atoms with Crippen molar-refractivity contribution in [3.63, 3.8) is 0 Å². The van der Waals surface area contributed by atoms with Gasteiger partial charge in [-0.1, -0.05) is 0 Å². The molecule has 2 heterocycles. The number of hydrogen-bond acceptors (Lipinski definition) is 4. The van der Waals surface area contributed by atoms with Crippen LogP contribution in [0.25, 0.3) is 10.8 Å². The van der Waals surface area contributed by atoms with E-state index >= 15 is 0 Å². The molecular formula is C12H10N2OS. The van der Waals surface area contributed by atoms with Crippen LogP contribution < -0.4 is 0 Å². The van der Waals surface area contributed by atoms with Gasteiger partial charge in [0.1, 0.15) is 0 Å². The maximum Gasteiger partial charge on any atom is 0.162 e. The van der Waals surface area contributed by atoms with Gasteiger partial charge in [-0.2, -0.15) is 5.26 Å². The lowest BCUT2D eigenvalue weighted by Crippen LogP contribution is -1.86. The van der Waals surface area contributed by atoms with Crippen LogP contribution in [0.4, 0.5) is 0 Å². The van der Waals surface area contributed by atoms with Gasteiger partial charge < -0.3 is 4.42 Å². The van der Waals surface area contributed by atoms with Crippen LogP contribution in [-0.4, -0.2) is 4.98 Å². The quantitative estimate of drug-likeness (QED) is 0.812. The van der Waals surface area contributed by atoms with Crippen molar-refractivity contribution in [1.29, 1.82) is 5.26 Å². The summed E-state index contributed by atoms with van der Waals surface area (Å²) in [6, 6.07) is 5.97. The second-order valence-corrected chi connectivity index (χ2v) is 5.00. The number of thiazole rings is 1. The highest BCUT2D eigenvalue weighted by atomic mass is 32.1. The first-order valence-electron chi connectivity index (χ1n) is 5.29. The maximum atomic E-state index is 8.79. The van der Waals surface area contributed by atoms with E-state index in [1.165, 1.54) is 12.8 Å². The van der Waals surface area contributed by atoms with Crippen LogP contribution >= 0.6 is 11.3 Å². The number of hydrogen-bond donors (Lipinski definition) is 0. The van der Waals surface area contributed by atoms with Gasteiger partial charge in [-0.15, -0.1) is 11.3 Å². The van der Waals surface area contributed by atoms with Crippen LogP contribution in [-0.2, 0) is 6.42 Å². The SMILES string of the molecule is N#CCc1sc(-c2ccco2)nc1C1CC1. The summed E-state index contributed by atoms with van der Waals surface area (Å²) in [4.78, 5) is 5.71. The minimum absolute atomic E-state index is 0.463. The molecule has 3 rings (SSSR count). The first kappa shape index (κ1) is 9.61. The van der Waals surface area contributed by atoms with Crippen molar-refractivity contribution < 1.29 is 4.42 Å². The predicted octanol–water partition coefficient (Wildman–Crippen LogP) is 3.35. The summed E-state index contributed by atoms with van der Waals surface area (Å²) in [6.07, 6.45) is 4.53. The van der Waals surface area contributed by atoms with Gasteiger partial charge >= 0.3 is 0 Å². The highest BCUT2D eigenvalue weighted by Gasteiger charge is 2.30. The standard InChI is InChI=1S/C12H10N2OS/c13-6-5-10-11(8-3-4-8)14-12(16-10)9-2-1-7-15-9/h1-2,7-8H,3-5H2. The fraction of sp³-hybridized carbons (Fsp3) is 0.333. The van der Waals surface area contributed by atoms with Crippen LogP contribution in [0.3, 0.4) is 0 Å². The molecule has 0 bridgehead atoms. The summed E-state index contributed by atoms with van der Waals surface area (Å²) in [5.74, 6) is 1.39. The Morgan fingerprint density at radius 3 is 3.06 bits per heavy atom. The molecule has 0 radical (unpaired) electrons. The number of nitriles is 1. The molecule has 0 aliphatic heterocycles. The second-order valence-electron chi connectivity index (χ2n) is 3.91. The van der Waals surface area contributed by atoms with E-state index in [1.807, 2.05) is 12.1 Å². The van der Waals surface area contributed by atoms with Gasteiger partial charge in [-0.3, -0.25) is 0 Å². The lowest BCUT2D eigenvalue weighted by atomic mass is 10.2. The Morgan fingerprint density at radius 1 is 1.56 bits per heavy atom. The molecule has 4 heteroatoms. The smallest absolute Gasteiger partial charge is 0.162 e. The van der Waals surface area contributed by atoms with Gasteiger partial charge in [0.2, 0.25) is 0 Å². The van der Waals surface area contributed by atoms with Crippen molar-refractivity contribution in [2.75, 3.05) is 0 Å². The number of aromatic nitrogens is 1. The summed E-state index contributed by atoms with van der Waals surface area (Å²) in [5.41, 5.74) is 1.12. The second kappa shape index (κ2) is 3.76. The Hall–Kier alpha value is -1.60. The highest BCUT2D eigenvalue weighted by Crippen LogP contribution is 2.44. The van der Waals surface area contributed by atoms with Gasteiger partial charge in [-0.25, -0.2) is 4.98 Å². The van der Waals surface area contributed by atoms with E-state index < -0.39 is 0 Å². The van der Waals surface area contributed by atoms with E-state index in [0.717, 1.165) is 21.3 Å². The number of nitrogens with zero attached hydrogens (tertiary/aromatic N) is 2. The normalized spacial score (nSPS) is 14.9. The van der Waals surface area contributed by atoms with Crippen LogP contribution in [0.5, 0.6) is 0 Å². The molecule has 2 aromatic heterocycles. The molecule has 0 spiro atoms. The monoisotopic (exact) mass is 230 g/mol. The summed E-state index contributed by atoms with van der Waals surface area (Å²) < 4.78 is 5.33. The first-order valence-corrected chi connectivity index (χ1v) is 6.10. The molecule has 80 valence electrons.